The number of ether oxygens (including phenoxy) is 1. The molecule has 2 atom stereocenters. The molecule has 0 radical (unpaired) electrons. The Hall–Kier alpha value is -0.890. The van der Waals surface area contributed by atoms with E-state index in [1.807, 2.05) is 13.8 Å². The van der Waals surface area contributed by atoms with Crippen LogP contribution in [0.1, 0.15) is 39.3 Å². The van der Waals surface area contributed by atoms with Crippen LogP contribution in [0.3, 0.4) is 0 Å². The summed E-state index contributed by atoms with van der Waals surface area (Å²) in [5.41, 5.74) is 0.321. The summed E-state index contributed by atoms with van der Waals surface area (Å²) >= 11 is 0. The molecule has 0 spiro atoms. The number of hydrogen-bond acceptors (Lipinski definition) is 4. The van der Waals surface area contributed by atoms with Crippen molar-refractivity contribution in [1.82, 2.24) is 15.0 Å². The van der Waals surface area contributed by atoms with E-state index in [0.29, 0.717) is 19.6 Å². The summed E-state index contributed by atoms with van der Waals surface area (Å²) in [7, 11) is -3.53. The van der Waals surface area contributed by atoms with Gasteiger partial charge < -0.3 is 15.0 Å². The van der Waals surface area contributed by atoms with Crippen LogP contribution in [0.25, 0.3) is 0 Å². The fourth-order valence-corrected chi connectivity index (χ4v) is 3.92. The number of sulfonamides is 1. The molecule has 2 unspecified atom stereocenters. The summed E-state index contributed by atoms with van der Waals surface area (Å²) in [5, 5.41) is 3.24. The summed E-state index contributed by atoms with van der Waals surface area (Å²) in [6, 6.07) is 1.68. The molecule has 0 saturated carbocycles. The van der Waals surface area contributed by atoms with Gasteiger partial charge in [0.1, 0.15) is 0 Å². The summed E-state index contributed by atoms with van der Waals surface area (Å²) in [5.74, 6) is 0. The summed E-state index contributed by atoms with van der Waals surface area (Å²) in [4.78, 5) is 3.28. The van der Waals surface area contributed by atoms with Crippen LogP contribution in [-0.4, -0.2) is 38.2 Å². The molecule has 2 rings (SSSR count). The zero-order valence-corrected chi connectivity index (χ0v) is 13.7. The van der Waals surface area contributed by atoms with Crippen LogP contribution in [0.4, 0.5) is 0 Å². The lowest BCUT2D eigenvalue weighted by Crippen LogP contribution is -2.50. The molecule has 2 heterocycles. The summed E-state index contributed by atoms with van der Waals surface area (Å²) < 4.78 is 33.2. The van der Waals surface area contributed by atoms with Crippen LogP contribution in [0.2, 0.25) is 0 Å². The van der Waals surface area contributed by atoms with Crippen LogP contribution in [-0.2, 0) is 21.3 Å². The molecule has 1 aromatic rings. The number of nitrogens with one attached hydrogen (secondary N) is 3. The van der Waals surface area contributed by atoms with Crippen molar-refractivity contribution in [3.05, 3.63) is 18.0 Å². The number of aromatic amines is 1. The van der Waals surface area contributed by atoms with Crippen LogP contribution in [0.15, 0.2) is 17.2 Å². The number of H-pyrrole nitrogens is 1. The van der Waals surface area contributed by atoms with Crippen LogP contribution < -0.4 is 10.0 Å². The van der Waals surface area contributed by atoms with E-state index in [1.165, 1.54) is 6.20 Å². The van der Waals surface area contributed by atoms with Gasteiger partial charge in [0.25, 0.3) is 0 Å². The van der Waals surface area contributed by atoms with Gasteiger partial charge in [-0.1, -0.05) is 6.92 Å². The van der Waals surface area contributed by atoms with E-state index in [9.17, 15) is 8.42 Å². The highest BCUT2D eigenvalue weighted by molar-refractivity contribution is 7.89. The van der Waals surface area contributed by atoms with Gasteiger partial charge in [-0.2, -0.15) is 0 Å². The molecule has 6 nitrogen and oxygen atoms in total. The molecule has 1 aliphatic heterocycles. The van der Waals surface area contributed by atoms with Gasteiger partial charge in [-0.15, -0.1) is 0 Å². The van der Waals surface area contributed by atoms with E-state index in [-0.39, 0.29) is 11.0 Å². The van der Waals surface area contributed by atoms with Gasteiger partial charge in [0.15, 0.2) is 0 Å². The quantitative estimate of drug-likeness (QED) is 0.664. The van der Waals surface area contributed by atoms with Gasteiger partial charge in [0.05, 0.1) is 16.5 Å². The maximum Gasteiger partial charge on any atom is 0.242 e. The third-order valence-corrected chi connectivity index (χ3v) is 5.61. The molecule has 1 fully saturated rings. The second-order valence-electron chi connectivity index (χ2n) is 5.82. The van der Waals surface area contributed by atoms with Crippen molar-refractivity contribution in [2.75, 3.05) is 13.2 Å². The van der Waals surface area contributed by atoms with Crippen LogP contribution >= 0.6 is 0 Å². The van der Waals surface area contributed by atoms with Crippen molar-refractivity contribution < 1.29 is 13.2 Å². The molecular weight excluding hydrogens is 290 g/mol. The average Bonchev–Trinajstić information content (AvgIpc) is 2.98. The fourth-order valence-electron chi connectivity index (χ4n) is 2.41. The fraction of sp³-hybridized carbons (Fsp3) is 0.714. The normalized spacial score (nSPS) is 26.3. The largest absolute Gasteiger partial charge is 0.376 e. The Kier molecular flexibility index (Phi) is 5.08. The molecule has 0 bridgehead atoms. The lowest BCUT2D eigenvalue weighted by Gasteiger charge is -2.28. The van der Waals surface area contributed by atoms with Gasteiger partial charge in [0, 0.05) is 25.0 Å². The van der Waals surface area contributed by atoms with Crippen molar-refractivity contribution in [3.63, 3.8) is 0 Å². The minimum atomic E-state index is -3.53. The van der Waals surface area contributed by atoms with Gasteiger partial charge in [-0.05, 0) is 39.3 Å². The minimum absolute atomic E-state index is 0.128. The first kappa shape index (κ1) is 16.5. The highest BCUT2D eigenvalue weighted by Crippen LogP contribution is 2.27. The summed E-state index contributed by atoms with van der Waals surface area (Å²) in [6.45, 7) is 8.00. The molecule has 3 N–H and O–H groups in total. The first-order valence-electron chi connectivity index (χ1n) is 7.41. The third-order valence-electron chi connectivity index (χ3n) is 4.02. The predicted octanol–water partition coefficient (Wildman–Crippen LogP) is 1.36. The van der Waals surface area contributed by atoms with Gasteiger partial charge in [0.2, 0.25) is 10.0 Å². The lowest BCUT2D eigenvalue weighted by atomic mass is 9.97. The maximum atomic E-state index is 12.5. The van der Waals surface area contributed by atoms with Crippen molar-refractivity contribution in [3.8, 4) is 0 Å². The monoisotopic (exact) mass is 315 g/mol. The first-order valence-corrected chi connectivity index (χ1v) is 8.89. The molecule has 0 aromatic carbocycles. The Morgan fingerprint density at radius 3 is 2.90 bits per heavy atom. The Morgan fingerprint density at radius 1 is 1.52 bits per heavy atom. The average molecular weight is 315 g/mol. The molecule has 1 aromatic heterocycles. The second kappa shape index (κ2) is 6.48. The Morgan fingerprint density at radius 2 is 2.29 bits per heavy atom. The molecule has 0 aliphatic carbocycles. The van der Waals surface area contributed by atoms with E-state index in [4.69, 9.17) is 4.74 Å². The van der Waals surface area contributed by atoms with Crippen molar-refractivity contribution in [1.29, 1.82) is 0 Å². The lowest BCUT2D eigenvalue weighted by molar-refractivity contribution is 0.0957. The Balaban J connectivity index is 2.06. The molecule has 0 amide bonds. The Bertz CT molecular complexity index is 570. The topological polar surface area (TPSA) is 83.2 Å². The minimum Gasteiger partial charge on any atom is -0.376 e. The maximum absolute atomic E-state index is 12.5. The van der Waals surface area contributed by atoms with Crippen molar-refractivity contribution in [2.45, 2.75) is 56.7 Å². The number of hydrogen-bond donors (Lipinski definition) is 3. The van der Waals surface area contributed by atoms with Gasteiger partial charge in [-0.25, -0.2) is 13.1 Å². The molecule has 21 heavy (non-hydrogen) atoms. The molecule has 7 heteroatoms. The predicted molar refractivity (Wildman–Crippen MR) is 81.5 cm³/mol. The van der Waals surface area contributed by atoms with Gasteiger partial charge >= 0.3 is 0 Å². The third kappa shape index (κ3) is 3.85. The second-order valence-corrected chi connectivity index (χ2v) is 7.51. The zero-order valence-electron chi connectivity index (χ0n) is 12.9. The van der Waals surface area contributed by atoms with E-state index >= 15 is 0 Å². The molecule has 1 saturated heterocycles. The van der Waals surface area contributed by atoms with Crippen LogP contribution in [0.5, 0.6) is 0 Å². The van der Waals surface area contributed by atoms with E-state index in [0.717, 1.165) is 18.7 Å². The van der Waals surface area contributed by atoms with E-state index in [2.05, 4.69) is 21.9 Å². The van der Waals surface area contributed by atoms with Gasteiger partial charge in [-0.3, -0.25) is 0 Å². The molecule has 120 valence electrons. The van der Waals surface area contributed by atoms with E-state index in [1.54, 1.807) is 6.07 Å². The molecular formula is C14H25N3O3S. The molecule has 1 aliphatic rings. The first-order chi connectivity index (χ1) is 9.87. The smallest absolute Gasteiger partial charge is 0.242 e. The summed E-state index contributed by atoms with van der Waals surface area (Å²) in [6.07, 6.45) is 3.14. The van der Waals surface area contributed by atoms with Crippen LogP contribution in [0, 0.1) is 0 Å². The van der Waals surface area contributed by atoms with E-state index < -0.39 is 15.6 Å². The standard InChI is InChI=1S/C14H25N3O3S/c1-4-6-15-9-12-8-13(10-16-12)21(18,19)17-14(3)5-7-20-11(14)2/h8,10-11,15-17H,4-7,9H2,1-3H3. The highest BCUT2D eigenvalue weighted by atomic mass is 32.2. The SMILES string of the molecule is CCCNCc1cc(S(=O)(=O)NC2(C)CCOC2C)c[nH]1. The van der Waals surface area contributed by atoms with Crippen molar-refractivity contribution >= 4 is 10.0 Å². The Labute approximate surface area is 126 Å². The van der Waals surface area contributed by atoms with Crippen molar-refractivity contribution in [2.24, 2.45) is 0 Å². The highest BCUT2D eigenvalue weighted by Gasteiger charge is 2.40. The number of aromatic nitrogens is 1. The zero-order chi connectivity index (χ0) is 15.5. The number of rotatable bonds is 7.